The van der Waals surface area contributed by atoms with Gasteiger partial charge in [-0.15, -0.1) is 0 Å². The third-order valence-electron chi connectivity index (χ3n) is 19.4. The molecule has 71 heavy (non-hydrogen) atoms. The first-order valence-corrected chi connectivity index (χ1v) is 27.7. The molecule has 6 aliphatic carbocycles. The van der Waals surface area contributed by atoms with E-state index in [9.17, 15) is 10.2 Å². The van der Waals surface area contributed by atoms with Crippen molar-refractivity contribution in [2.24, 2.45) is 57.8 Å². The number of ether oxygens (including phenoxy) is 4. The predicted octanol–water partition coefficient (Wildman–Crippen LogP) is 10.6. The Balaban J connectivity index is 1.09. The van der Waals surface area contributed by atoms with E-state index < -0.39 is 17.3 Å². The van der Waals surface area contributed by atoms with Crippen LogP contribution < -0.4 is 30.2 Å². The highest BCUT2D eigenvalue weighted by Crippen LogP contribution is 2.65. The summed E-state index contributed by atoms with van der Waals surface area (Å²) in [5.41, 5.74) is 1.41. The minimum atomic E-state index is -0.828. The average molecular weight is 969 g/mol. The topological polar surface area (TPSA) is 143 Å². The lowest BCUT2D eigenvalue weighted by Gasteiger charge is -2.55. The van der Waals surface area contributed by atoms with Gasteiger partial charge >= 0.3 is 0 Å². The largest absolute Gasteiger partial charge is 0.504 e. The maximum Gasteiger partial charge on any atom is 0.207 e. The normalized spacial score (nSPS) is 36.0. The average Bonchev–Trinajstić information content (AvgIpc) is 4.08. The van der Waals surface area contributed by atoms with Gasteiger partial charge in [-0.3, -0.25) is 15.1 Å². The van der Waals surface area contributed by atoms with Gasteiger partial charge < -0.3 is 39.8 Å². The first kappa shape index (κ1) is 49.9. The lowest BCUT2D eigenvalue weighted by molar-refractivity contribution is -0.154. The monoisotopic (exact) mass is 969 g/mol. The molecule has 11 heteroatoms. The number of methoxy groups -OCH3 is 1. The molecular formula is C60H80N4O7. The van der Waals surface area contributed by atoms with E-state index in [1.54, 1.807) is 20.2 Å². The molecule has 0 aromatic heterocycles. The van der Waals surface area contributed by atoms with E-state index in [4.69, 9.17) is 23.9 Å². The quantitative estimate of drug-likeness (QED) is 0.115. The molecule has 6 saturated carbocycles. The molecule has 2 aromatic carbocycles. The van der Waals surface area contributed by atoms with Crippen molar-refractivity contribution in [1.29, 1.82) is 0 Å². The van der Waals surface area contributed by atoms with Crippen molar-refractivity contribution < 1.29 is 34.0 Å². The van der Waals surface area contributed by atoms with Gasteiger partial charge in [-0.25, -0.2) is 0 Å². The number of hydrogen-bond acceptors (Lipinski definition) is 9. The van der Waals surface area contributed by atoms with Gasteiger partial charge in [0.15, 0.2) is 29.3 Å². The Hall–Kier alpha value is -4.68. The van der Waals surface area contributed by atoms with Crippen LogP contribution in [-0.4, -0.2) is 67.7 Å². The van der Waals surface area contributed by atoms with Crippen molar-refractivity contribution >= 4 is 17.4 Å². The van der Waals surface area contributed by atoms with Crippen molar-refractivity contribution in [2.75, 3.05) is 33.1 Å². The number of ketones is 1. The van der Waals surface area contributed by atoms with E-state index in [0.29, 0.717) is 79.1 Å². The molecule has 2 aliphatic heterocycles. The molecular weight excluding hydrogens is 889 g/mol. The number of allylic oxidation sites excluding steroid dienone is 2. The molecule has 0 radical (unpaired) electrons. The van der Waals surface area contributed by atoms with Gasteiger partial charge in [0.2, 0.25) is 11.7 Å². The van der Waals surface area contributed by atoms with Gasteiger partial charge in [-0.05, 0) is 173 Å². The third-order valence-corrected chi connectivity index (χ3v) is 19.4. The number of phenolic OH excluding ortho intramolecular Hbond substituents is 1. The number of aromatic hydroxyl groups is 1. The summed E-state index contributed by atoms with van der Waals surface area (Å²) in [5, 5.41) is 32.5. The van der Waals surface area contributed by atoms with Crippen molar-refractivity contribution in [3.8, 4) is 47.0 Å². The molecule has 4 bridgehead atoms. The number of hydrogen-bond donors (Lipinski definition) is 5. The van der Waals surface area contributed by atoms with Gasteiger partial charge in [-0.2, -0.15) is 0 Å². The van der Waals surface area contributed by atoms with Gasteiger partial charge in [-0.1, -0.05) is 75.9 Å². The standard InChI is InChI=1S/C60H80N4O7/c1-5-39-19-21-41-31-45-15-10-26-60(45)46-33-50(56-53(34-46)71-58(38-61-2)36-42(13-12-28-69-56)43(37-58)32-55(67)70-47-17-7-6-8-18-47)64-57(62-3)63-27-11-16-44-14-9-25-59(44,54(66)24-22-49(60)48(41)29-39)35-40-20-23-51(65)52(30-40)68-4/h20,22-24,30,33-34,39,41-45,47-49,55,61,65,67H,5-10,13-19,21,25-26,29,31-32,35-38H2,1-4H3,(H2,62,63,64)/b24-22+/t39-,41+,42+,43+,44-,45-,48+,49-,55-,58-,59+,60-/m1/s1. The number of carbonyl (C=O) groups is 1. The number of rotatable bonds is 10. The summed E-state index contributed by atoms with van der Waals surface area (Å²) in [6.07, 6.45) is 28.2. The highest BCUT2D eigenvalue weighted by Gasteiger charge is 2.58. The summed E-state index contributed by atoms with van der Waals surface area (Å²) in [6, 6.07) is 13.4. The Morgan fingerprint density at radius 2 is 1.80 bits per heavy atom. The van der Waals surface area contributed by atoms with Crippen molar-refractivity contribution in [2.45, 2.75) is 172 Å². The lowest BCUT2D eigenvalue weighted by atomic mass is 9.48. The van der Waals surface area contributed by atoms with Crippen LogP contribution in [0.1, 0.15) is 153 Å². The van der Waals surface area contributed by atoms with E-state index in [2.05, 4.69) is 65.1 Å². The van der Waals surface area contributed by atoms with E-state index in [1.165, 1.54) is 44.1 Å². The van der Waals surface area contributed by atoms with Crippen LogP contribution in [-0.2, 0) is 21.4 Å². The van der Waals surface area contributed by atoms with Gasteiger partial charge in [0.1, 0.15) is 11.7 Å². The van der Waals surface area contributed by atoms with E-state index in [1.807, 2.05) is 25.3 Å². The summed E-state index contributed by atoms with van der Waals surface area (Å²) in [7, 11) is 5.33. The third kappa shape index (κ3) is 9.94. The minimum absolute atomic E-state index is 0.0417. The summed E-state index contributed by atoms with van der Waals surface area (Å²) in [5.74, 6) is 11.9. The number of anilines is 1. The lowest BCUT2D eigenvalue weighted by Crippen LogP contribution is -2.51. The van der Waals surface area contributed by atoms with Crippen LogP contribution in [0.25, 0.3) is 0 Å². The second kappa shape index (κ2) is 21.4. The fourth-order valence-corrected chi connectivity index (χ4v) is 16.0. The van der Waals surface area contributed by atoms with Crippen molar-refractivity contribution in [3.63, 3.8) is 0 Å². The fourth-order valence-electron chi connectivity index (χ4n) is 16.0. The molecule has 382 valence electrons. The van der Waals surface area contributed by atoms with Crippen LogP contribution in [0.5, 0.6) is 23.0 Å². The van der Waals surface area contributed by atoms with Gasteiger partial charge in [0.05, 0.1) is 18.9 Å². The number of carbonyl (C=O) groups excluding carboxylic acids is 1. The fraction of sp³-hybridized carbons (Fsp3) is 0.667. The van der Waals surface area contributed by atoms with E-state index in [0.717, 1.165) is 88.3 Å². The SMILES string of the molecule is CC[C@@H]1CC[C@H]2C[C@H]3CCC[C@]34c3cc(c5c(c3)O[C@]3(CNC)C[C@H](CC#CO5)[C@@H](C[C@H](O)OC5CCCCC5)C3)NC(=NC)NC#CC[C@H]3CCC[C@@]3(Cc3ccc(O)c(OC)c3)C(=O)/C=C/[C@@H]4[C@H]2C1. The molecule has 10 rings (SSSR count). The Kier molecular flexibility index (Phi) is 15.0. The first-order valence-electron chi connectivity index (χ1n) is 27.7. The Morgan fingerprint density at radius 1 is 0.958 bits per heavy atom. The number of guanidine groups is 1. The van der Waals surface area contributed by atoms with Crippen LogP contribution in [0.2, 0.25) is 0 Å². The second-order valence-electron chi connectivity index (χ2n) is 23.1. The number of nitrogens with zero attached hydrogens (tertiary/aromatic N) is 1. The number of aliphatic imine (C=N–C) groups is 1. The van der Waals surface area contributed by atoms with Gasteiger partial charge in [0, 0.05) is 49.7 Å². The zero-order valence-corrected chi connectivity index (χ0v) is 43.0. The number of nitrogens with one attached hydrogen (secondary N) is 3. The summed E-state index contributed by atoms with van der Waals surface area (Å²) < 4.78 is 26.1. The smallest absolute Gasteiger partial charge is 0.207 e. The molecule has 1 spiro atoms. The van der Waals surface area contributed by atoms with Crippen LogP contribution >= 0.6 is 0 Å². The van der Waals surface area contributed by atoms with E-state index in [-0.39, 0.29) is 46.7 Å². The molecule has 12 atom stereocenters. The molecule has 0 unspecified atom stereocenters. The van der Waals surface area contributed by atoms with Crippen LogP contribution in [0.4, 0.5) is 5.69 Å². The first-order chi connectivity index (χ1) is 34.6. The second-order valence-corrected chi connectivity index (χ2v) is 23.1. The molecule has 5 N–H and O–H groups in total. The number of fused-ring (bicyclic) bond motifs is 9. The molecule has 0 saturated heterocycles. The summed E-state index contributed by atoms with van der Waals surface area (Å²) in [4.78, 5) is 20.3. The summed E-state index contributed by atoms with van der Waals surface area (Å²) in [6.45, 7) is 2.98. The summed E-state index contributed by atoms with van der Waals surface area (Å²) >= 11 is 0. The molecule has 11 nitrogen and oxygen atoms in total. The number of benzene rings is 2. The zero-order valence-electron chi connectivity index (χ0n) is 43.0. The number of phenols is 1. The maximum absolute atomic E-state index is 15.6. The Labute approximate surface area is 423 Å². The van der Waals surface area contributed by atoms with Crippen LogP contribution in [0.15, 0.2) is 47.5 Å². The highest BCUT2D eigenvalue weighted by molar-refractivity contribution is 5.97. The molecule has 2 aromatic rings. The Bertz CT molecular complexity index is 2440. The highest BCUT2D eigenvalue weighted by atomic mass is 16.6. The molecule has 8 aliphatic rings. The maximum atomic E-state index is 15.6. The molecule has 2 heterocycles. The minimum Gasteiger partial charge on any atom is -0.504 e. The predicted molar refractivity (Wildman–Crippen MR) is 278 cm³/mol. The number of likely N-dealkylation sites (N-methyl/N-ethyl adjacent to an activating group) is 1. The molecule has 6 fully saturated rings. The number of aliphatic hydroxyl groups is 1. The number of aliphatic hydroxyl groups excluding tert-OH is 1. The van der Waals surface area contributed by atoms with Gasteiger partial charge in [0.25, 0.3) is 0 Å². The Morgan fingerprint density at radius 3 is 2.62 bits per heavy atom. The van der Waals surface area contributed by atoms with Crippen LogP contribution in [0, 0.1) is 76.7 Å². The molecule has 0 amide bonds. The van der Waals surface area contributed by atoms with Crippen LogP contribution in [0.3, 0.4) is 0 Å². The zero-order chi connectivity index (χ0) is 49.2. The van der Waals surface area contributed by atoms with Crippen molar-refractivity contribution in [1.82, 2.24) is 10.6 Å². The van der Waals surface area contributed by atoms with Crippen molar-refractivity contribution in [3.05, 3.63) is 53.6 Å². The van der Waals surface area contributed by atoms with E-state index >= 15 is 4.79 Å².